The van der Waals surface area contributed by atoms with Crippen LogP contribution in [0.1, 0.15) is 45.4 Å². The van der Waals surface area contributed by atoms with E-state index in [1.54, 1.807) is 0 Å². The molecule has 3 fully saturated rings. The highest BCUT2D eigenvalue weighted by atomic mass is 32.2. The summed E-state index contributed by atoms with van der Waals surface area (Å²) >= 11 is 2.07. The van der Waals surface area contributed by atoms with Crippen molar-refractivity contribution in [2.45, 2.75) is 63.2 Å². The highest BCUT2D eigenvalue weighted by Gasteiger charge is 2.44. The van der Waals surface area contributed by atoms with Gasteiger partial charge in [-0.05, 0) is 55.9 Å². The van der Waals surface area contributed by atoms with E-state index < -0.39 is 0 Å². The number of ether oxygens (including phenoxy) is 2. The molecule has 0 aromatic carbocycles. The van der Waals surface area contributed by atoms with Crippen LogP contribution in [0.5, 0.6) is 0 Å². The molecule has 1 spiro atoms. The predicted molar refractivity (Wildman–Crippen MR) is 87.2 cm³/mol. The largest absolute Gasteiger partial charge is 0.378 e. The lowest BCUT2D eigenvalue weighted by molar-refractivity contribution is -0.111. The molecule has 3 rings (SSSR count). The van der Waals surface area contributed by atoms with E-state index in [-0.39, 0.29) is 5.60 Å². The van der Waals surface area contributed by atoms with Crippen molar-refractivity contribution in [3.8, 4) is 0 Å². The molecule has 0 saturated carbocycles. The highest BCUT2D eigenvalue weighted by Crippen LogP contribution is 2.43. The highest BCUT2D eigenvalue weighted by molar-refractivity contribution is 7.99. The number of thioether (sulfide) groups is 1. The standard InChI is InChI=1S/C16H30N2O2S/c1-2-14-13(4-7-19-14)15(18-17)12-3-8-20-16(11-12)5-9-21-10-6-16/h12-15,18H,2-11,17H2,1H3. The molecule has 3 saturated heterocycles. The SMILES string of the molecule is CCC1OCCC1C(NN)C1CCOC2(CCSCC2)C1. The third kappa shape index (κ3) is 3.42. The van der Waals surface area contributed by atoms with Crippen LogP contribution < -0.4 is 11.3 Å². The molecule has 4 atom stereocenters. The van der Waals surface area contributed by atoms with Crippen molar-refractivity contribution in [3.63, 3.8) is 0 Å². The minimum atomic E-state index is 0.143. The Hall–Kier alpha value is 0.190. The first kappa shape index (κ1) is 16.1. The number of nitrogens with two attached hydrogens (primary N) is 1. The molecule has 3 aliphatic heterocycles. The van der Waals surface area contributed by atoms with E-state index in [0.29, 0.717) is 24.0 Å². The average Bonchev–Trinajstić information content (AvgIpc) is 2.97. The number of hydrogen-bond acceptors (Lipinski definition) is 5. The molecule has 3 N–H and O–H groups in total. The van der Waals surface area contributed by atoms with Crippen LogP contribution in [0.15, 0.2) is 0 Å². The summed E-state index contributed by atoms with van der Waals surface area (Å²) in [7, 11) is 0. The van der Waals surface area contributed by atoms with Crippen molar-refractivity contribution >= 4 is 11.8 Å². The van der Waals surface area contributed by atoms with E-state index >= 15 is 0 Å². The molecular weight excluding hydrogens is 284 g/mol. The molecule has 5 heteroatoms. The maximum Gasteiger partial charge on any atom is 0.0701 e. The topological polar surface area (TPSA) is 56.5 Å². The molecule has 4 nitrogen and oxygen atoms in total. The van der Waals surface area contributed by atoms with Crippen LogP contribution in [0.3, 0.4) is 0 Å². The zero-order valence-corrected chi connectivity index (χ0v) is 14.0. The van der Waals surface area contributed by atoms with Crippen molar-refractivity contribution < 1.29 is 9.47 Å². The van der Waals surface area contributed by atoms with Gasteiger partial charge in [-0.2, -0.15) is 11.8 Å². The molecule has 3 aliphatic rings. The van der Waals surface area contributed by atoms with Gasteiger partial charge in [0, 0.05) is 25.2 Å². The van der Waals surface area contributed by atoms with Crippen LogP contribution in [0.4, 0.5) is 0 Å². The second-order valence-electron chi connectivity index (χ2n) is 6.86. The van der Waals surface area contributed by atoms with Crippen molar-refractivity contribution in [1.29, 1.82) is 0 Å². The Bertz CT molecular complexity index is 331. The minimum absolute atomic E-state index is 0.143. The Labute approximate surface area is 132 Å². The quantitative estimate of drug-likeness (QED) is 0.616. The normalized spacial score (nSPS) is 37.7. The van der Waals surface area contributed by atoms with Gasteiger partial charge in [0.15, 0.2) is 0 Å². The van der Waals surface area contributed by atoms with E-state index in [1.807, 2.05) is 0 Å². The zero-order valence-electron chi connectivity index (χ0n) is 13.2. The van der Waals surface area contributed by atoms with Gasteiger partial charge in [-0.1, -0.05) is 6.92 Å². The maximum atomic E-state index is 6.23. The van der Waals surface area contributed by atoms with Gasteiger partial charge >= 0.3 is 0 Å². The second kappa shape index (κ2) is 7.18. The van der Waals surface area contributed by atoms with Gasteiger partial charge < -0.3 is 9.47 Å². The first-order valence-corrected chi connectivity index (χ1v) is 9.73. The smallest absolute Gasteiger partial charge is 0.0701 e. The monoisotopic (exact) mass is 314 g/mol. The summed E-state index contributed by atoms with van der Waals surface area (Å²) in [5, 5.41) is 0. The van der Waals surface area contributed by atoms with Gasteiger partial charge in [0.2, 0.25) is 0 Å². The molecule has 21 heavy (non-hydrogen) atoms. The van der Waals surface area contributed by atoms with Gasteiger partial charge in [0.25, 0.3) is 0 Å². The Balaban J connectivity index is 1.68. The van der Waals surface area contributed by atoms with E-state index in [9.17, 15) is 0 Å². The fourth-order valence-corrected chi connectivity index (χ4v) is 5.81. The third-order valence-electron chi connectivity index (χ3n) is 5.76. The Morgan fingerprint density at radius 3 is 2.81 bits per heavy atom. The molecule has 0 aromatic rings. The van der Waals surface area contributed by atoms with Crippen molar-refractivity contribution in [2.24, 2.45) is 17.7 Å². The van der Waals surface area contributed by atoms with Crippen molar-refractivity contribution in [2.75, 3.05) is 24.7 Å². The number of nitrogens with one attached hydrogen (secondary N) is 1. The lowest BCUT2D eigenvalue weighted by Gasteiger charge is -2.46. The summed E-state index contributed by atoms with van der Waals surface area (Å²) in [5.74, 6) is 9.66. The summed E-state index contributed by atoms with van der Waals surface area (Å²) in [4.78, 5) is 0. The first-order chi connectivity index (χ1) is 10.3. The molecule has 0 aromatic heterocycles. The Kier molecular flexibility index (Phi) is 5.49. The molecular formula is C16H30N2O2S. The van der Waals surface area contributed by atoms with E-state index in [4.69, 9.17) is 15.3 Å². The molecule has 4 unspecified atom stereocenters. The molecule has 0 radical (unpaired) electrons. The van der Waals surface area contributed by atoms with E-state index in [2.05, 4.69) is 24.1 Å². The average molecular weight is 314 g/mol. The maximum absolute atomic E-state index is 6.23. The van der Waals surface area contributed by atoms with Gasteiger partial charge in [-0.3, -0.25) is 11.3 Å². The van der Waals surface area contributed by atoms with Crippen LogP contribution in [0.2, 0.25) is 0 Å². The van der Waals surface area contributed by atoms with Crippen LogP contribution in [0.25, 0.3) is 0 Å². The molecule has 122 valence electrons. The summed E-state index contributed by atoms with van der Waals surface area (Å²) in [5.41, 5.74) is 3.30. The van der Waals surface area contributed by atoms with E-state index in [0.717, 1.165) is 32.5 Å². The summed E-state index contributed by atoms with van der Waals surface area (Å²) < 4.78 is 12.1. The lowest BCUT2D eigenvalue weighted by atomic mass is 9.74. The summed E-state index contributed by atoms with van der Waals surface area (Å²) in [6, 6.07) is 0.382. The minimum Gasteiger partial charge on any atom is -0.378 e. The molecule has 0 bridgehead atoms. The van der Waals surface area contributed by atoms with Crippen LogP contribution in [-0.4, -0.2) is 42.5 Å². The molecule has 3 heterocycles. The fourth-order valence-electron chi connectivity index (χ4n) is 4.57. The van der Waals surface area contributed by atoms with Gasteiger partial charge in [-0.25, -0.2) is 0 Å². The van der Waals surface area contributed by atoms with Crippen LogP contribution in [-0.2, 0) is 9.47 Å². The second-order valence-corrected chi connectivity index (χ2v) is 8.08. The van der Waals surface area contributed by atoms with Crippen molar-refractivity contribution in [1.82, 2.24) is 5.43 Å². The molecule has 0 amide bonds. The summed E-state index contributed by atoms with van der Waals surface area (Å²) in [6.45, 7) is 4.02. The third-order valence-corrected chi connectivity index (χ3v) is 6.75. The zero-order chi connectivity index (χ0) is 14.7. The first-order valence-electron chi connectivity index (χ1n) is 8.57. The lowest BCUT2D eigenvalue weighted by Crippen LogP contribution is -2.53. The number of hydrogen-bond donors (Lipinski definition) is 2. The van der Waals surface area contributed by atoms with E-state index in [1.165, 1.54) is 30.8 Å². The predicted octanol–water partition coefficient (Wildman–Crippen LogP) is 2.33. The van der Waals surface area contributed by atoms with Gasteiger partial charge in [-0.15, -0.1) is 0 Å². The number of rotatable bonds is 4. The van der Waals surface area contributed by atoms with Crippen molar-refractivity contribution in [3.05, 3.63) is 0 Å². The fraction of sp³-hybridized carbons (Fsp3) is 1.00. The van der Waals surface area contributed by atoms with Gasteiger partial charge in [0.05, 0.1) is 11.7 Å². The number of hydrazine groups is 1. The van der Waals surface area contributed by atoms with Gasteiger partial charge in [0.1, 0.15) is 0 Å². The Morgan fingerprint density at radius 2 is 2.10 bits per heavy atom. The van der Waals surface area contributed by atoms with Crippen LogP contribution in [0, 0.1) is 11.8 Å². The Morgan fingerprint density at radius 1 is 1.29 bits per heavy atom. The van der Waals surface area contributed by atoms with Crippen LogP contribution >= 0.6 is 11.8 Å². The summed E-state index contributed by atoms with van der Waals surface area (Å²) in [6.07, 6.45) is 7.35. The molecule has 0 aliphatic carbocycles.